The second-order valence-corrected chi connectivity index (χ2v) is 6.61. The molecule has 7 heteroatoms. The van der Waals surface area contributed by atoms with Gasteiger partial charge in [-0.25, -0.2) is 0 Å². The normalized spacial score (nSPS) is 23.9. The fraction of sp³-hybridized carbons (Fsp3) is 0.500. The van der Waals surface area contributed by atoms with Crippen molar-refractivity contribution >= 4 is 11.9 Å². The first kappa shape index (κ1) is 16.1. The summed E-state index contributed by atoms with van der Waals surface area (Å²) < 4.78 is 5.96. The quantitative estimate of drug-likeness (QED) is 0.920. The van der Waals surface area contributed by atoms with Gasteiger partial charge in [0.15, 0.2) is 0 Å². The van der Waals surface area contributed by atoms with E-state index in [4.69, 9.17) is 9.72 Å². The zero-order valence-corrected chi connectivity index (χ0v) is 14.4. The lowest BCUT2D eigenvalue weighted by Crippen LogP contribution is -2.48. The Morgan fingerprint density at radius 2 is 1.96 bits per heavy atom. The van der Waals surface area contributed by atoms with Gasteiger partial charge in [-0.05, 0) is 12.0 Å². The second-order valence-electron chi connectivity index (χ2n) is 6.61. The average Bonchev–Trinajstić information content (AvgIpc) is 3.32. The zero-order chi connectivity index (χ0) is 17.2. The van der Waals surface area contributed by atoms with Gasteiger partial charge in [-0.1, -0.05) is 30.3 Å². The molecule has 0 saturated carbocycles. The van der Waals surface area contributed by atoms with Gasteiger partial charge in [-0.15, -0.1) is 5.10 Å². The molecule has 2 aromatic rings. The minimum atomic E-state index is 0.0246. The number of nitrogens with zero attached hydrogens (tertiary/aromatic N) is 4. The summed E-state index contributed by atoms with van der Waals surface area (Å²) in [4.78, 5) is 20.2. The SMILES string of the molecule is CC(=O)N1CCN(c2n[nH]c([C@@H]3CCO[C@H]3c3ccccc3)n2)CC1. The number of carbonyl (C=O) groups is 1. The van der Waals surface area contributed by atoms with Crippen LogP contribution in [-0.4, -0.2) is 58.8 Å². The number of ether oxygens (including phenoxy) is 1. The molecule has 132 valence electrons. The molecule has 0 spiro atoms. The number of aromatic amines is 1. The van der Waals surface area contributed by atoms with Crippen LogP contribution in [0.3, 0.4) is 0 Å². The van der Waals surface area contributed by atoms with Crippen LogP contribution in [0.5, 0.6) is 0 Å². The minimum Gasteiger partial charge on any atom is -0.373 e. The van der Waals surface area contributed by atoms with E-state index in [-0.39, 0.29) is 17.9 Å². The molecule has 0 unspecified atom stereocenters. The van der Waals surface area contributed by atoms with Crippen LogP contribution in [0, 0.1) is 0 Å². The molecule has 7 nitrogen and oxygen atoms in total. The Kier molecular flexibility index (Phi) is 4.40. The largest absolute Gasteiger partial charge is 0.373 e. The van der Waals surface area contributed by atoms with Gasteiger partial charge in [0, 0.05) is 39.7 Å². The number of benzene rings is 1. The maximum absolute atomic E-state index is 11.4. The third kappa shape index (κ3) is 3.24. The molecule has 0 aliphatic carbocycles. The van der Waals surface area contributed by atoms with Crippen LogP contribution < -0.4 is 4.90 Å². The monoisotopic (exact) mass is 341 g/mol. The number of amides is 1. The number of anilines is 1. The number of carbonyl (C=O) groups excluding carboxylic acids is 1. The molecule has 2 aliphatic rings. The van der Waals surface area contributed by atoms with Crippen molar-refractivity contribution < 1.29 is 9.53 Å². The smallest absolute Gasteiger partial charge is 0.244 e. The first-order valence-corrected chi connectivity index (χ1v) is 8.81. The highest BCUT2D eigenvalue weighted by atomic mass is 16.5. The van der Waals surface area contributed by atoms with Crippen molar-refractivity contribution in [2.24, 2.45) is 0 Å². The highest BCUT2D eigenvalue weighted by molar-refractivity contribution is 5.73. The molecule has 2 saturated heterocycles. The highest BCUT2D eigenvalue weighted by Crippen LogP contribution is 2.40. The number of aromatic nitrogens is 3. The van der Waals surface area contributed by atoms with E-state index in [0.29, 0.717) is 0 Å². The first-order valence-electron chi connectivity index (χ1n) is 8.81. The molecular formula is C18H23N5O2. The molecule has 0 bridgehead atoms. The molecule has 1 N–H and O–H groups in total. The van der Waals surface area contributed by atoms with Crippen LogP contribution in [0.25, 0.3) is 0 Å². The number of piperazine rings is 1. The van der Waals surface area contributed by atoms with Crippen molar-refractivity contribution in [2.45, 2.75) is 25.4 Å². The van der Waals surface area contributed by atoms with Gasteiger partial charge in [0.25, 0.3) is 0 Å². The number of nitrogens with one attached hydrogen (secondary N) is 1. The summed E-state index contributed by atoms with van der Waals surface area (Å²) in [7, 11) is 0. The van der Waals surface area contributed by atoms with Crippen molar-refractivity contribution in [2.75, 3.05) is 37.7 Å². The lowest BCUT2D eigenvalue weighted by Gasteiger charge is -2.33. The summed E-state index contributed by atoms with van der Waals surface area (Å²) in [5, 5.41) is 7.53. The molecular weight excluding hydrogens is 318 g/mol. The Morgan fingerprint density at radius 3 is 2.68 bits per heavy atom. The topological polar surface area (TPSA) is 74.4 Å². The fourth-order valence-corrected chi connectivity index (χ4v) is 3.63. The molecule has 2 atom stereocenters. The van der Waals surface area contributed by atoms with E-state index < -0.39 is 0 Å². The van der Waals surface area contributed by atoms with E-state index in [1.807, 2.05) is 23.1 Å². The van der Waals surface area contributed by atoms with E-state index in [1.54, 1.807) is 6.92 Å². The van der Waals surface area contributed by atoms with Gasteiger partial charge < -0.3 is 14.5 Å². The predicted octanol–water partition coefficient (Wildman–Crippen LogP) is 1.72. The Bertz CT molecular complexity index is 724. The van der Waals surface area contributed by atoms with Crippen molar-refractivity contribution in [3.05, 3.63) is 41.7 Å². The summed E-state index contributed by atoms with van der Waals surface area (Å²) in [5.74, 6) is 1.93. The molecule has 0 radical (unpaired) electrons. The standard InChI is InChI=1S/C18H23N5O2/c1-13(24)22-8-10-23(11-9-22)18-19-17(20-21-18)15-7-12-25-16(15)14-5-3-2-4-6-14/h2-6,15-16H,7-12H2,1H3,(H,19,20,21)/t15-,16+/m1/s1. The Balaban J connectivity index is 1.47. The van der Waals surface area contributed by atoms with Gasteiger partial charge >= 0.3 is 0 Å². The molecule has 3 heterocycles. The van der Waals surface area contributed by atoms with E-state index >= 15 is 0 Å². The maximum Gasteiger partial charge on any atom is 0.244 e. The molecule has 1 aromatic heterocycles. The number of H-pyrrole nitrogens is 1. The summed E-state index contributed by atoms with van der Waals surface area (Å²) in [6, 6.07) is 10.3. The van der Waals surface area contributed by atoms with Crippen molar-refractivity contribution in [1.82, 2.24) is 20.1 Å². The van der Waals surface area contributed by atoms with Crippen LogP contribution in [0.15, 0.2) is 30.3 Å². The number of hydrogen-bond acceptors (Lipinski definition) is 5. The maximum atomic E-state index is 11.4. The van der Waals surface area contributed by atoms with E-state index in [0.717, 1.165) is 51.0 Å². The number of rotatable bonds is 3. The lowest BCUT2D eigenvalue weighted by atomic mass is 9.95. The van der Waals surface area contributed by atoms with Crippen LogP contribution in [-0.2, 0) is 9.53 Å². The number of hydrogen-bond donors (Lipinski definition) is 1. The van der Waals surface area contributed by atoms with Gasteiger partial charge in [0.1, 0.15) is 5.82 Å². The van der Waals surface area contributed by atoms with Crippen LogP contribution >= 0.6 is 0 Å². The Labute approximate surface area is 147 Å². The van der Waals surface area contributed by atoms with Gasteiger partial charge in [0.05, 0.1) is 12.0 Å². The highest BCUT2D eigenvalue weighted by Gasteiger charge is 2.34. The summed E-state index contributed by atoms with van der Waals surface area (Å²) in [6.07, 6.45) is 0.961. The molecule has 1 aromatic carbocycles. The van der Waals surface area contributed by atoms with Crippen LogP contribution in [0.1, 0.15) is 36.8 Å². The average molecular weight is 341 g/mol. The van der Waals surface area contributed by atoms with Crippen LogP contribution in [0.4, 0.5) is 5.95 Å². The van der Waals surface area contributed by atoms with Gasteiger partial charge in [-0.2, -0.15) is 4.98 Å². The Hall–Kier alpha value is -2.41. The van der Waals surface area contributed by atoms with Crippen molar-refractivity contribution in [3.8, 4) is 0 Å². The van der Waals surface area contributed by atoms with Gasteiger partial charge in [0.2, 0.25) is 11.9 Å². The third-order valence-electron chi connectivity index (χ3n) is 5.07. The fourth-order valence-electron chi connectivity index (χ4n) is 3.63. The Morgan fingerprint density at radius 1 is 1.20 bits per heavy atom. The lowest BCUT2D eigenvalue weighted by molar-refractivity contribution is -0.129. The van der Waals surface area contributed by atoms with Crippen molar-refractivity contribution in [3.63, 3.8) is 0 Å². The van der Waals surface area contributed by atoms with Crippen molar-refractivity contribution in [1.29, 1.82) is 0 Å². The van der Waals surface area contributed by atoms with Crippen LogP contribution in [0.2, 0.25) is 0 Å². The zero-order valence-electron chi connectivity index (χ0n) is 14.4. The molecule has 1 amide bonds. The summed E-state index contributed by atoms with van der Waals surface area (Å²) in [6.45, 7) is 5.32. The molecule has 2 fully saturated rings. The van der Waals surface area contributed by atoms with E-state index in [2.05, 4.69) is 27.2 Å². The first-order chi connectivity index (χ1) is 12.2. The van der Waals surface area contributed by atoms with E-state index in [9.17, 15) is 4.79 Å². The summed E-state index contributed by atoms with van der Waals surface area (Å²) >= 11 is 0. The molecule has 4 rings (SSSR count). The van der Waals surface area contributed by atoms with E-state index in [1.165, 1.54) is 5.56 Å². The minimum absolute atomic E-state index is 0.0246. The predicted molar refractivity (Wildman–Crippen MR) is 93.3 cm³/mol. The summed E-state index contributed by atoms with van der Waals surface area (Å²) in [5.41, 5.74) is 1.18. The second kappa shape index (κ2) is 6.84. The van der Waals surface area contributed by atoms with Gasteiger partial charge in [-0.3, -0.25) is 9.89 Å². The molecule has 2 aliphatic heterocycles. The third-order valence-corrected chi connectivity index (χ3v) is 5.07. The molecule has 25 heavy (non-hydrogen) atoms.